The summed E-state index contributed by atoms with van der Waals surface area (Å²) in [4.78, 5) is 16.6. The van der Waals surface area contributed by atoms with Gasteiger partial charge in [-0.15, -0.1) is 0 Å². The van der Waals surface area contributed by atoms with Crippen molar-refractivity contribution < 1.29 is 9.47 Å². The molecule has 1 aliphatic heterocycles. The van der Waals surface area contributed by atoms with E-state index < -0.39 is 0 Å². The third-order valence-electron chi connectivity index (χ3n) is 2.85. The minimum absolute atomic E-state index is 0.157. The molecule has 0 unspecified atom stereocenters. The molecular formula is C12H20ClN5O2. The number of ether oxygens (including phenoxy) is 2. The summed E-state index contributed by atoms with van der Waals surface area (Å²) in [7, 11) is 4.05. The van der Waals surface area contributed by atoms with Crippen LogP contribution >= 0.6 is 11.6 Å². The molecule has 1 saturated heterocycles. The average Bonchev–Trinajstić information content (AvgIpc) is 2.44. The highest BCUT2D eigenvalue weighted by atomic mass is 35.5. The van der Waals surface area contributed by atoms with Gasteiger partial charge in [-0.2, -0.15) is 15.0 Å². The minimum Gasteiger partial charge on any atom is -0.463 e. The Kier molecular flexibility index (Phi) is 5.75. The Bertz CT molecular complexity index is 426. The van der Waals surface area contributed by atoms with E-state index in [1.54, 1.807) is 0 Å². The zero-order valence-electron chi connectivity index (χ0n) is 11.9. The standard InChI is InChI=1S/C12H20ClN5O2/c1-17(2)4-3-7-20-12-15-10(13)14-11(16-12)18-5-8-19-9-6-18/h3-9H2,1-2H3. The Hall–Kier alpha value is -1.18. The fourth-order valence-corrected chi connectivity index (χ4v) is 1.98. The van der Waals surface area contributed by atoms with Crippen molar-refractivity contribution in [1.29, 1.82) is 0 Å². The maximum atomic E-state index is 5.92. The first-order valence-corrected chi connectivity index (χ1v) is 7.05. The van der Waals surface area contributed by atoms with E-state index in [-0.39, 0.29) is 11.3 Å². The first-order valence-electron chi connectivity index (χ1n) is 6.67. The number of anilines is 1. The Morgan fingerprint density at radius 3 is 2.70 bits per heavy atom. The van der Waals surface area contributed by atoms with Crippen LogP contribution in [0.25, 0.3) is 0 Å². The number of hydrogen-bond donors (Lipinski definition) is 0. The maximum Gasteiger partial charge on any atom is 0.322 e. The van der Waals surface area contributed by atoms with E-state index in [9.17, 15) is 0 Å². The topological polar surface area (TPSA) is 63.6 Å². The Balaban J connectivity index is 1.93. The Morgan fingerprint density at radius 2 is 2.00 bits per heavy atom. The van der Waals surface area contributed by atoms with Crippen LogP contribution in [-0.2, 0) is 4.74 Å². The summed E-state index contributed by atoms with van der Waals surface area (Å²) >= 11 is 5.92. The molecular weight excluding hydrogens is 282 g/mol. The predicted molar refractivity (Wildman–Crippen MR) is 76.5 cm³/mol. The first-order chi connectivity index (χ1) is 9.65. The summed E-state index contributed by atoms with van der Waals surface area (Å²) < 4.78 is 10.8. The van der Waals surface area contributed by atoms with Crippen LogP contribution in [-0.4, -0.2) is 73.4 Å². The highest BCUT2D eigenvalue weighted by molar-refractivity contribution is 6.28. The molecule has 7 nitrogen and oxygen atoms in total. The third kappa shape index (κ3) is 4.73. The fraction of sp³-hybridized carbons (Fsp3) is 0.750. The van der Waals surface area contributed by atoms with Crippen molar-refractivity contribution in [1.82, 2.24) is 19.9 Å². The molecule has 1 aromatic heterocycles. The number of rotatable bonds is 6. The van der Waals surface area contributed by atoms with E-state index in [4.69, 9.17) is 21.1 Å². The molecule has 0 aromatic carbocycles. The molecule has 0 spiro atoms. The lowest BCUT2D eigenvalue weighted by atomic mass is 10.4. The molecule has 2 heterocycles. The van der Waals surface area contributed by atoms with Gasteiger partial charge in [-0.3, -0.25) is 0 Å². The van der Waals surface area contributed by atoms with Crippen LogP contribution in [0.4, 0.5) is 5.95 Å². The molecule has 0 radical (unpaired) electrons. The van der Waals surface area contributed by atoms with Crippen LogP contribution in [0.2, 0.25) is 5.28 Å². The van der Waals surface area contributed by atoms with E-state index in [1.165, 1.54) is 0 Å². The van der Waals surface area contributed by atoms with Crippen molar-refractivity contribution in [2.24, 2.45) is 0 Å². The van der Waals surface area contributed by atoms with Crippen molar-refractivity contribution >= 4 is 17.5 Å². The van der Waals surface area contributed by atoms with Gasteiger partial charge < -0.3 is 19.3 Å². The molecule has 8 heteroatoms. The second-order valence-corrected chi connectivity index (χ2v) is 5.13. The SMILES string of the molecule is CN(C)CCCOc1nc(Cl)nc(N2CCOCC2)n1. The van der Waals surface area contributed by atoms with Gasteiger partial charge in [-0.05, 0) is 32.1 Å². The van der Waals surface area contributed by atoms with Gasteiger partial charge in [0.15, 0.2) is 0 Å². The van der Waals surface area contributed by atoms with Gasteiger partial charge in [0.25, 0.3) is 0 Å². The molecule has 0 atom stereocenters. The molecule has 0 N–H and O–H groups in total. The maximum absolute atomic E-state index is 5.92. The lowest BCUT2D eigenvalue weighted by Gasteiger charge is -2.26. The summed E-state index contributed by atoms with van der Waals surface area (Å²) in [6.45, 7) is 4.35. The van der Waals surface area contributed by atoms with Crippen molar-refractivity contribution in [3.05, 3.63) is 5.28 Å². The van der Waals surface area contributed by atoms with Gasteiger partial charge in [-0.25, -0.2) is 0 Å². The normalized spacial score (nSPS) is 15.7. The lowest BCUT2D eigenvalue weighted by Crippen LogP contribution is -2.37. The van der Waals surface area contributed by atoms with Crippen molar-refractivity contribution in [2.75, 3.05) is 58.5 Å². The fourth-order valence-electron chi connectivity index (χ4n) is 1.84. The van der Waals surface area contributed by atoms with Gasteiger partial charge in [0.2, 0.25) is 11.2 Å². The van der Waals surface area contributed by atoms with Crippen molar-refractivity contribution in [3.63, 3.8) is 0 Å². The van der Waals surface area contributed by atoms with Crippen LogP contribution in [0.1, 0.15) is 6.42 Å². The first kappa shape index (κ1) is 15.2. The van der Waals surface area contributed by atoms with Gasteiger partial charge in [0.1, 0.15) is 0 Å². The number of halogens is 1. The number of hydrogen-bond acceptors (Lipinski definition) is 7. The Morgan fingerprint density at radius 1 is 1.25 bits per heavy atom. The largest absolute Gasteiger partial charge is 0.463 e. The van der Waals surface area contributed by atoms with Crippen LogP contribution < -0.4 is 9.64 Å². The van der Waals surface area contributed by atoms with E-state index in [2.05, 4.69) is 19.9 Å². The zero-order chi connectivity index (χ0) is 14.4. The average molecular weight is 302 g/mol. The highest BCUT2D eigenvalue weighted by Gasteiger charge is 2.16. The molecule has 112 valence electrons. The molecule has 0 amide bonds. The Labute approximate surface area is 123 Å². The van der Waals surface area contributed by atoms with Crippen molar-refractivity contribution in [2.45, 2.75) is 6.42 Å². The van der Waals surface area contributed by atoms with Crippen LogP contribution in [0.3, 0.4) is 0 Å². The van der Waals surface area contributed by atoms with Gasteiger partial charge in [0.05, 0.1) is 19.8 Å². The molecule has 0 saturated carbocycles. The van der Waals surface area contributed by atoms with Gasteiger partial charge in [-0.1, -0.05) is 0 Å². The highest BCUT2D eigenvalue weighted by Crippen LogP contribution is 2.16. The lowest BCUT2D eigenvalue weighted by molar-refractivity contribution is 0.122. The van der Waals surface area contributed by atoms with E-state index in [1.807, 2.05) is 19.0 Å². The van der Waals surface area contributed by atoms with E-state index in [0.717, 1.165) is 26.1 Å². The second kappa shape index (κ2) is 7.56. The quantitative estimate of drug-likeness (QED) is 0.716. The van der Waals surface area contributed by atoms with Crippen LogP contribution in [0, 0.1) is 0 Å². The van der Waals surface area contributed by atoms with Crippen LogP contribution in [0.5, 0.6) is 6.01 Å². The molecule has 1 aromatic rings. The predicted octanol–water partition coefficient (Wildman–Crippen LogP) is 0.692. The second-order valence-electron chi connectivity index (χ2n) is 4.79. The van der Waals surface area contributed by atoms with Gasteiger partial charge in [0, 0.05) is 19.6 Å². The van der Waals surface area contributed by atoms with Gasteiger partial charge >= 0.3 is 6.01 Å². The molecule has 1 aliphatic rings. The zero-order valence-corrected chi connectivity index (χ0v) is 12.6. The summed E-state index contributed by atoms with van der Waals surface area (Å²) in [6, 6.07) is 0.283. The summed E-state index contributed by atoms with van der Waals surface area (Å²) in [5.74, 6) is 0.552. The third-order valence-corrected chi connectivity index (χ3v) is 3.02. The molecule has 0 aliphatic carbocycles. The molecule has 1 fully saturated rings. The van der Waals surface area contributed by atoms with Crippen LogP contribution in [0.15, 0.2) is 0 Å². The number of aromatic nitrogens is 3. The number of morpholine rings is 1. The molecule has 20 heavy (non-hydrogen) atoms. The summed E-state index contributed by atoms with van der Waals surface area (Å²) in [5, 5.41) is 0.157. The van der Waals surface area contributed by atoms with E-state index in [0.29, 0.717) is 25.8 Å². The number of nitrogens with zero attached hydrogens (tertiary/aromatic N) is 5. The smallest absolute Gasteiger partial charge is 0.322 e. The minimum atomic E-state index is 0.157. The van der Waals surface area contributed by atoms with E-state index >= 15 is 0 Å². The molecule has 0 bridgehead atoms. The summed E-state index contributed by atoms with van der Waals surface area (Å²) in [6.07, 6.45) is 0.906. The monoisotopic (exact) mass is 301 g/mol. The summed E-state index contributed by atoms with van der Waals surface area (Å²) in [5.41, 5.74) is 0. The van der Waals surface area contributed by atoms with Crippen molar-refractivity contribution in [3.8, 4) is 6.01 Å². The molecule has 2 rings (SSSR count).